The smallest absolute Gasteiger partial charge is 0.322 e. The van der Waals surface area contributed by atoms with Gasteiger partial charge in [0.25, 0.3) is 10.2 Å². The number of nitrogens with zero attached hydrogens (tertiary/aromatic N) is 1. The third-order valence-electron chi connectivity index (χ3n) is 2.94. The van der Waals surface area contributed by atoms with E-state index in [2.05, 4.69) is 4.72 Å². The van der Waals surface area contributed by atoms with Gasteiger partial charge in [-0.3, -0.25) is 4.79 Å². The fourth-order valence-corrected chi connectivity index (χ4v) is 3.61. The van der Waals surface area contributed by atoms with Crippen molar-refractivity contribution in [3.05, 3.63) is 0 Å². The predicted molar refractivity (Wildman–Crippen MR) is 57.1 cm³/mol. The zero-order chi connectivity index (χ0) is 11.8. The second-order valence-corrected chi connectivity index (χ2v) is 6.01. The molecule has 7 heteroatoms. The molecule has 0 radical (unpaired) electrons. The lowest BCUT2D eigenvalue weighted by Crippen LogP contribution is -2.52. The Hall–Kier alpha value is -0.660. The average Bonchev–Trinajstić information content (AvgIpc) is 3.01. The van der Waals surface area contributed by atoms with E-state index in [1.54, 1.807) is 0 Å². The molecule has 2 rings (SSSR count). The van der Waals surface area contributed by atoms with Gasteiger partial charge in [0, 0.05) is 12.6 Å². The zero-order valence-corrected chi connectivity index (χ0v) is 9.74. The number of aliphatic carboxylic acids is 1. The Kier molecular flexibility index (Phi) is 3.18. The van der Waals surface area contributed by atoms with Crippen LogP contribution in [0.3, 0.4) is 0 Å². The monoisotopic (exact) mass is 248 g/mol. The summed E-state index contributed by atoms with van der Waals surface area (Å²) in [7, 11) is -3.61. The van der Waals surface area contributed by atoms with Gasteiger partial charge in [0.15, 0.2) is 0 Å². The van der Waals surface area contributed by atoms with Crippen LogP contribution in [0.25, 0.3) is 0 Å². The first-order valence-electron chi connectivity index (χ1n) is 5.52. The maximum atomic E-state index is 11.9. The Morgan fingerprint density at radius 2 is 1.94 bits per heavy atom. The Balaban J connectivity index is 2.11. The van der Waals surface area contributed by atoms with Crippen LogP contribution in [-0.2, 0) is 15.0 Å². The Morgan fingerprint density at radius 3 is 2.50 bits per heavy atom. The first-order valence-corrected chi connectivity index (χ1v) is 6.96. The number of carbonyl (C=O) groups is 1. The summed E-state index contributed by atoms with van der Waals surface area (Å²) in [6, 6.07) is -0.883. The van der Waals surface area contributed by atoms with Gasteiger partial charge in [-0.1, -0.05) is 0 Å². The van der Waals surface area contributed by atoms with Gasteiger partial charge >= 0.3 is 5.97 Å². The highest BCUT2D eigenvalue weighted by Gasteiger charge is 2.39. The zero-order valence-electron chi connectivity index (χ0n) is 8.92. The Labute approximate surface area is 94.8 Å². The van der Waals surface area contributed by atoms with Crippen molar-refractivity contribution in [3.8, 4) is 0 Å². The molecule has 6 nitrogen and oxygen atoms in total. The molecule has 0 bridgehead atoms. The molecule has 0 spiro atoms. The summed E-state index contributed by atoms with van der Waals surface area (Å²) in [5.74, 6) is -1.05. The van der Waals surface area contributed by atoms with Crippen LogP contribution in [0.1, 0.15) is 32.1 Å². The summed E-state index contributed by atoms with van der Waals surface area (Å²) in [5, 5.41) is 8.99. The van der Waals surface area contributed by atoms with Crippen LogP contribution in [0, 0.1) is 0 Å². The van der Waals surface area contributed by atoms with E-state index < -0.39 is 22.2 Å². The molecule has 1 aliphatic heterocycles. The molecule has 0 aromatic carbocycles. The van der Waals surface area contributed by atoms with Gasteiger partial charge in [-0.25, -0.2) is 0 Å². The first-order chi connectivity index (χ1) is 7.50. The van der Waals surface area contributed by atoms with Gasteiger partial charge in [-0.15, -0.1) is 0 Å². The van der Waals surface area contributed by atoms with Gasteiger partial charge in [-0.05, 0) is 32.1 Å². The molecule has 16 heavy (non-hydrogen) atoms. The summed E-state index contributed by atoms with van der Waals surface area (Å²) < 4.78 is 27.4. The minimum absolute atomic E-state index is 0.0152. The normalized spacial score (nSPS) is 27.9. The second kappa shape index (κ2) is 4.31. The minimum Gasteiger partial charge on any atom is -0.480 e. The number of hydrogen-bond donors (Lipinski definition) is 2. The molecular weight excluding hydrogens is 232 g/mol. The van der Waals surface area contributed by atoms with E-state index in [4.69, 9.17) is 5.11 Å². The van der Waals surface area contributed by atoms with Gasteiger partial charge < -0.3 is 5.11 Å². The van der Waals surface area contributed by atoms with Crippen LogP contribution < -0.4 is 4.72 Å². The van der Waals surface area contributed by atoms with E-state index in [1.165, 1.54) is 0 Å². The van der Waals surface area contributed by atoms with Crippen molar-refractivity contribution in [1.29, 1.82) is 0 Å². The molecule has 2 fully saturated rings. The maximum absolute atomic E-state index is 11.9. The molecule has 1 heterocycles. The van der Waals surface area contributed by atoms with Crippen molar-refractivity contribution in [1.82, 2.24) is 9.03 Å². The van der Waals surface area contributed by atoms with Crippen LogP contribution in [0.5, 0.6) is 0 Å². The predicted octanol–water partition coefficient (Wildman–Crippen LogP) is -0.0777. The van der Waals surface area contributed by atoms with Crippen molar-refractivity contribution >= 4 is 16.2 Å². The summed E-state index contributed by atoms with van der Waals surface area (Å²) in [4.78, 5) is 11.0. The Morgan fingerprint density at radius 1 is 1.25 bits per heavy atom. The molecule has 0 amide bonds. The number of carboxylic acid groups (broad SMARTS) is 1. The molecule has 0 aromatic rings. The quantitative estimate of drug-likeness (QED) is 0.728. The van der Waals surface area contributed by atoms with Gasteiger partial charge in [-0.2, -0.15) is 17.4 Å². The number of nitrogens with one attached hydrogen (secondary N) is 1. The molecule has 0 aromatic heterocycles. The van der Waals surface area contributed by atoms with Crippen molar-refractivity contribution in [2.45, 2.75) is 44.2 Å². The number of hydrogen-bond acceptors (Lipinski definition) is 3. The molecule has 2 N–H and O–H groups in total. The highest BCUT2D eigenvalue weighted by molar-refractivity contribution is 7.87. The molecule has 0 unspecified atom stereocenters. The van der Waals surface area contributed by atoms with E-state index in [-0.39, 0.29) is 6.04 Å². The topological polar surface area (TPSA) is 86.7 Å². The molecule has 1 aliphatic carbocycles. The third kappa shape index (κ3) is 2.53. The van der Waals surface area contributed by atoms with Crippen molar-refractivity contribution in [3.63, 3.8) is 0 Å². The SMILES string of the molecule is O=C(O)[C@H]1CCCCN1S(=O)(=O)NC1CC1. The fourth-order valence-electron chi connectivity index (χ4n) is 1.92. The van der Waals surface area contributed by atoms with Gasteiger partial charge in [0.05, 0.1) is 0 Å². The van der Waals surface area contributed by atoms with Crippen LogP contribution in [0.15, 0.2) is 0 Å². The molecular formula is C9H16N2O4S. The highest BCUT2D eigenvalue weighted by Crippen LogP contribution is 2.24. The molecule has 92 valence electrons. The molecule has 1 atom stereocenters. The summed E-state index contributed by atoms with van der Waals surface area (Å²) in [5.41, 5.74) is 0. The van der Waals surface area contributed by atoms with E-state index in [9.17, 15) is 13.2 Å². The lowest BCUT2D eigenvalue weighted by molar-refractivity contribution is -0.142. The largest absolute Gasteiger partial charge is 0.480 e. The summed E-state index contributed by atoms with van der Waals surface area (Å²) in [6.07, 6.45) is 3.61. The van der Waals surface area contributed by atoms with E-state index >= 15 is 0 Å². The average molecular weight is 248 g/mol. The number of rotatable bonds is 4. The lowest BCUT2D eigenvalue weighted by atomic mass is 10.1. The molecule has 1 saturated carbocycles. The standard InChI is InChI=1S/C9H16N2O4S/c12-9(13)8-3-1-2-6-11(8)16(14,15)10-7-4-5-7/h7-8,10H,1-6H2,(H,12,13)/t8-/m1/s1. The second-order valence-electron chi connectivity index (χ2n) is 4.36. The minimum atomic E-state index is -3.61. The third-order valence-corrected chi connectivity index (χ3v) is 4.63. The summed E-state index contributed by atoms with van der Waals surface area (Å²) in [6.45, 7) is 0.305. The Bertz CT molecular complexity index is 377. The van der Waals surface area contributed by atoms with Crippen LogP contribution in [0.4, 0.5) is 0 Å². The van der Waals surface area contributed by atoms with Gasteiger partial charge in [0.1, 0.15) is 6.04 Å². The van der Waals surface area contributed by atoms with Crippen molar-refractivity contribution in [2.75, 3.05) is 6.54 Å². The van der Waals surface area contributed by atoms with E-state index in [0.717, 1.165) is 30.0 Å². The maximum Gasteiger partial charge on any atom is 0.322 e. The van der Waals surface area contributed by atoms with E-state index in [0.29, 0.717) is 13.0 Å². The van der Waals surface area contributed by atoms with E-state index in [1.807, 2.05) is 0 Å². The fraction of sp³-hybridized carbons (Fsp3) is 0.889. The van der Waals surface area contributed by atoms with Crippen molar-refractivity contribution in [2.24, 2.45) is 0 Å². The first kappa shape index (κ1) is 11.8. The highest BCUT2D eigenvalue weighted by atomic mass is 32.2. The lowest BCUT2D eigenvalue weighted by Gasteiger charge is -2.31. The number of piperidine rings is 1. The molecule has 1 saturated heterocycles. The van der Waals surface area contributed by atoms with Crippen LogP contribution in [-0.4, -0.2) is 42.4 Å². The van der Waals surface area contributed by atoms with Crippen LogP contribution in [0.2, 0.25) is 0 Å². The van der Waals surface area contributed by atoms with Crippen molar-refractivity contribution < 1.29 is 18.3 Å². The van der Waals surface area contributed by atoms with Crippen LogP contribution >= 0.6 is 0 Å². The number of carboxylic acids is 1. The molecule has 2 aliphatic rings. The van der Waals surface area contributed by atoms with Gasteiger partial charge in [0.2, 0.25) is 0 Å². The summed E-state index contributed by atoms with van der Waals surface area (Å²) >= 11 is 0.